The highest BCUT2D eigenvalue weighted by Crippen LogP contribution is 2.23. The topological polar surface area (TPSA) is 69.7 Å². The van der Waals surface area contributed by atoms with Gasteiger partial charge in [-0.3, -0.25) is 14.5 Å². The van der Waals surface area contributed by atoms with Crippen LogP contribution in [-0.4, -0.2) is 53.3 Å². The number of likely N-dealkylation sites (tertiary alicyclic amines) is 1. The molecule has 1 N–H and O–H groups in total. The number of nitrogens with zero attached hydrogens (tertiary/aromatic N) is 2. The number of nitrogens with one attached hydrogen (secondary N) is 1. The van der Waals surface area contributed by atoms with E-state index in [0.717, 1.165) is 0 Å². The fourth-order valence-electron chi connectivity index (χ4n) is 2.61. The van der Waals surface area contributed by atoms with Gasteiger partial charge in [0, 0.05) is 24.5 Å². The van der Waals surface area contributed by atoms with Gasteiger partial charge in [-0.25, -0.2) is 4.79 Å². The zero-order chi connectivity index (χ0) is 14.2. The summed E-state index contributed by atoms with van der Waals surface area (Å²) in [7, 11) is 0. The number of amides is 4. The third-order valence-corrected chi connectivity index (χ3v) is 3.64. The third kappa shape index (κ3) is 2.72. The lowest BCUT2D eigenvalue weighted by Gasteiger charge is -2.37. The predicted molar refractivity (Wildman–Crippen MR) is 69.3 cm³/mol. The second-order valence-electron chi connectivity index (χ2n) is 6.20. The van der Waals surface area contributed by atoms with E-state index in [2.05, 4.69) is 5.32 Å². The number of carbonyl (C=O) groups excluding carboxylic acids is 3. The van der Waals surface area contributed by atoms with Crippen LogP contribution in [0.5, 0.6) is 0 Å². The zero-order valence-corrected chi connectivity index (χ0v) is 11.7. The number of carbonyl (C=O) groups is 3. The summed E-state index contributed by atoms with van der Waals surface area (Å²) in [6, 6.07) is -0.371. The van der Waals surface area contributed by atoms with Gasteiger partial charge in [-0.1, -0.05) is 20.8 Å². The van der Waals surface area contributed by atoms with Crippen LogP contribution in [0.3, 0.4) is 0 Å². The molecule has 19 heavy (non-hydrogen) atoms. The van der Waals surface area contributed by atoms with Crippen molar-refractivity contribution in [1.82, 2.24) is 15.1 Å². The quantitative estimate of drug-likeness (QED) is 0.706. The van der Waals surface area contributed by atoms with Crippen molar-refractivity contribution in [3.8, 4) is 0 Å². The first kappa shape index (κ1) is 13.8. The predicted octanol–water partition coefficient (Wildman–Crippen LogP) is 0.575. The van der Waals surface area contributed by atoms with E-state index >= 15 is 0 Å². The molecule has 2 rings (SSSR count). The average Bonchev–Trinajstić information content (AvgIpc) is 2.67. The highest BCUT2D eigenvalue weighted by atomic mass is 16.2. The van der Waals surface area contributed by atoms with Crippen LogP contribution in [0.2, 0.25) is 0 Å². The van der Waals surface area contributed by atoms with Crippen LogP contribution < -0.4 is 5.32 Å². The maximum atomic E-state index is 12.1. The molecule has 4 amide bonds. The van der Waals surface area contributed by atoms with Crippen molar-refractivity contribution in [2.24, 2.45) is 5.41 Å². The fourth-order valence-corrected chi connectivity index (χ4v) is 2.61. The van der Waals surface area contributed by atoms with E-state index < -0.39 is 0 Å². The van der Waals surface area contributed by atoms with E-state index in [0.29, 0.717) is 25.9 Å². The van der Waals surface area contributed by atoms with Crippen molar-refractivity contribution in [3.05, 3.63) is 0 Å². The molecule has 0 aromatic rings. The van der Waals surface area contributed by atoms with Crippen LogP contribution in [0.1, 0.15) is 33.6 Å². The second kappa shape index (κ2) is 4.83. The highest BCUT2D eigenvalue weighted by molar-refractivity contribution is 6.02. The Morgan fingerprint density at radius 2 is 1.79 bits per heavy atom. The van der Waals surface area contributed by atoms with Crippen molar-refractivity contribution < 1.29 is 14.4 Å². The molecule has 2 aliphatic heterocycles. The van der Waals surface area contributed by atoms with E-state index in [4.69, 9.17) is 0 Å². The van der Waals surface area contributed by atoms with Gasteiger partial charge < -0.3 is 10.2 Å². The lowest BCUT2D eigenvalue weighted by molar-refractivity contribution is -0.141. The van der Waals surface area contributed by atoms with E-state index in [1.165, 1.54) is 4.90 Å². The summed E-state index contributed by atoms with van der Waals surface area (Å²) in [4.78, 5) is 38.5. The summed E-state index contributed by atoms with van der Waals surface area (Å²) >= 11 is 0. The Bertz CT molecular complexity index is 390. The molecule has 6 nitrogen and oxygen atoms in total. The first-order valence-electron chi connectivity index (χ1n) is 6.70. The van der Waals surface area contributed by atoms with Gasteiger partial charge in [-0.2, -0.15) is 0 Å². The number of rotatable bonds is 1. The molecule has 0 radical (unpaired) electrons. The van der Waals surface area contributed by atoms with Crippen LogP contribution in [-0.2, 0) is 9.59 Å². The molecule has 2 aliphatic rings. The van der Waals surface area contributed by atoms with Crippen LogP contribution in [0, 0.1) is 5.41 Å². The van der Waals surface area contributed by atoms with Crippen LogP contribution in [0.25, 0.3) is 0 Å². The lowest BCUT2D eigenvalue weighted by atomic mass is 9.92. The van der Waals surface area contributed by atoms with Crippen LogP contribution >= 0.6 is 0 Å². The summed E-state index contributed by atoms with van der Waals surface area (Å²) in [5.74, 6) is -0.0336. The van der Waals surface area contributed by atoms with Crippen LogP contribution in [0.15, 0.2) is 0 Å². The zero-order valence-electron chi connectivity index (χ0n) is 11.7. The molecule has 0 saturated carbocycles. The SMILES string of the molecule is CC(C)(C)C(=O)N1CCC(N2C(=O)CNC2=O)CC1. The smallest absolute Gasteiger partial charge is 0.324 e. The van der Waals surface area contributed by atoms with Gasteiger partial charge in [-0.15, -0.1) is 0 Å². The van der Waals surface area contributed by atoms with Gasteiger partial charge in [0.05, 0.1) is 6.54 Å². The largest absolute Gasteiger partial charge is 0.342 e. The minimum atomic E-state index is -0.381. The fraction of sp³-hybridized carbons (Fsp3) is 0.769. The van der Waals surface area contributed by atoms with E-state index in [-0.39, 0.29) is 35.8 Å². The Morgan fingerprint density at radius 3 is 2.21 bits per heavy atom. The van der Waals surface area contributed by atoms with Crippen molar-refractivity contribution in [3.63, 3.8) is 0 Å². The van der Waals surface area contributed by atoms with Crippen molar-refractivity contribution >= 4 is 17.8 Å². The standard InChI is InChI=1S/C13H21N3O3/c1-13(2,3)11(18)15-6-4-9(5-7-15)16-10(17)8-14-12(16)19/h9H,4-8H2,1-3H3,(H,14,19). The van der Waals surface area contributed by atoms with Crippen molar-refractivity contribution in [2.45, 2.75) is 39.7 Å². The normalized spacial score (nSPS) is 21.8. The molecule has 0 aliphatic carbocycles. The molecule has 2 fully saturated rings. The number of hydrogen-bond acceptors (Lipinski definition) is 3. The summed E-state index contributed by atoms with van der Waals surface area (Å²) in [6.07, 6.45) is 1.34. The van der Waals surface area contributed by atoms with Gasteiger partial charge in [-0.05, 0) is 12.8 Å². The maximum absolute atomic E-state index is 12.1. The summed E-state index contributed by atoms with van der Waals surface area (Å²) < 4.78 is 0. The third-order valence-electron chi connectivity index (χ3n) is 3.64. The highest BCUT2D eigenvalue weighted by Gasteiger charge is 2.38. The van der Waals surface area contributed by atoms with Gasteiger partial charge >= 0.3 is 6.03 Å². The van der Waals surface area contributed by atoms with E-state index in [1.807, 2.05) is 25.7 Å². The van der Waals surface area contributed by atoms with Gasteiger partial charge in [0.25, 0.3) is 0 Å². The van der Waals surface area contributed by atoms with Crippen molar-refractivity contribution in [2.75, 3.05) is 19.6 Å². The summed E-state index contributed by atoms with van der Waals surface area (Å²) in [5, 5.41) is 2.53. The molecule has 0 unspecified atom stereocenters. The number of urea groups is 1. The van der Waals surface area contributed by atoms with Crippen molar-refractivity contribution in [1.29, 1.82) is 0 Å². The van der Waals surface area contributed by atoms with E-state index in [9.17, 15) is 14.4 Å². The first-order chi connectivity index (χ1) is 8.80. The molecule has 0 atom stereocenters. The molecular formula is C13H21N3O3. The van der Waals surface area contributed by atoms with Gasteiger partial charge in [0.15, 0.2) is 0 Å². The Balaban J connectivity index is 1.94. The Kier molecular flexibility index (Phi) is 3.52. The minimum Gasteiger partial charge on any atom is -0.342 e. The molecule has 6 heteroatoms. The summed E-state index contributed by atoms with van der Waals surface area (Å²) in [5.41, 5.74) is -0.381. The molecule has 2 heterocycles. The Morgan fingerprint density at radius 1 is 1.21 bits per heavy atom. The molecule has 2 saturated heterocycles. The molecule has 0 aromatic heterocycles. The minimum absolute atomic E-state index is 0.0704. The van der Waals surface area contributed by atoms with E-state index in [1.54, 1.807) is 0 Å². The number of piperidine rings is 1. The Labute approximate surface area is 113 Å². The van der Waals surface area contributed by atoms with Gasteiger partial charge in [0.2, 0.25) is 11.8 Å². The molecule has 0 aromatic carbocycles. The summed E-state index contributed by atoms with van der Waals surface area (Å²) in [6.45, 7) is 7.02. The first-order valence-corrected chi connectivity index (χ1v) is 6.70. The molecule has 0 bridgehead atoms. The second-order valence-corrected chi connectivity index (χ2v) is 6.20. The lowest BCUT2D eigenvalue weighted by Crippen LogP contribution is -2.51. The average molecular weight is 267 g/mol. The maximum Gasteiger partial charge on any atom is 0.324 e. The van der Waals surface area contributed by atoms with Gasteiger partial charge in [0.1, 0.15) is 0 Å². The molecule has 0 spiro atoms. The Hall–Kier alpha value is -1.59. The van der Waals surface area contributed by atoms with Crippen LogP contribution in [0.4, 0.5) is 4.79 Å². The monoisotopic (exact) mass is 267 g/mol. The number of imide groups is 1. The molecular weight excluding hydrogens is 246 g/mol. The molecule has 106 valence electrons. The number of hydrogen-bond donors (Lipinski definition) is 1.